The molecule has 0 fully saturated rings. The summed E-state index contributed by atoms with van der Waals surface area (Å²) < 4.78 is 5.02. The van der Waals surface area contributed by atoms with E-state index in [1.54, 1.807) is 0 Å². The zero-order chi connectivity index (χ0) is 15.2. The SMILES string of the molecule is [CH]Oc1ccc(Cc2ccccc2)cc1Cc1ccccc1. The lowest BCUT2D eigenvalue weighted by molar-refractivity contribution is 0.467. The molecule has 1 heteroatoms. The molecular weight excluding hydrogens is 268 g/mol. The molecule has 0 heterocycles. The molecule has 0 saturated heterocycles. The first kappa shape index (κ1) is 14.4. The molecule has 0 aliphatic rings. The highest BCUT2D eigenvalue weighted by Crippen LogP contribution is 2.24. The summed E-state index contributed by atoms with van der Waals surface area (Å²) in [5.41, 5.74) is 4.92. The van der Waals surface area contributed by atoms with E-state index >= 15 is 0 Å². The van der Waals surface area contributed by atoms with Crippen molar-refractivity contribution in [3.63, 3.8) is 0 Å². The molecule has 108 valence electrons. The molecular formula is C21H18O. The zero-order valence-corrected chi connectivity index (χ0v) is 12.4. The summed E-state index contributed by atoms with van der Waals surface area (Å²) >= 11 is 0. The maximum absolute atomic E-state index is 5.41. The van der Waals surface area contributed by atoms with Gasteiger partial charge in [0, 0.05) is 6.42 Å². The van der Waals surface area contributed by atoms with Crippen LogP contribution in [0.2, 0.25) is 0 Å². The average Bonchev–Trinajstić information content (AvgIpc) is 2.57. The summed E-state index contributed by atoms with van der Waals surface area (Å²) in [6, 6.07) is 27.0. The Morgan fingerprint density at radius 1 is 0.636 bits per heavy atom. The first-order chi connectivity index (χ1) is 10.8. The highest BCUT2D eigenvalue weighted by molar-refractivity contribution is 5.42. The van der Waals surface area contributed by atoms with E-state index in [0.717, 1.165) is 24.2 Å². The van der Waals surface area contributed by atoms with Gasteiger partial charge in [-0.1, -0.05) is 72.8 Å². The van der Waals surface area contributed by atoms with E-state index in [2.05, 4.69) is 48.5 Å². The van der Waals surface area contributed by atoms with Crippen LogP contribution in [0, 0.1) is 7.11 Å². The standard InChI is InChI=1S/C21H18O/c1-22-21-13-12-19(14-17-8-4-2-5-9-17)16-20(21)15-18-10-6-3-7-11-18/h1-13,16H,14-15H2. The first-order valence-electron chi connectivity index (χ1n) is 7.41. The summed E-state index contributed by atoms with van der Waals surface area (Å²) in [5.74, 6) is 0.737. The third-order valence-electron chi connectivity index (χ3n) is 3.74. The summed E-state index contributed by atoms with van der Waals surface area (Å²) in [7, 11) is 5.41. The molecule has 0 amide bonds. The van der Waals surface area contributed by atoms with Crippen molar-refractivity contribution in [1.82, 2.24) is 0 Å². The number of hydrogen-bond donors (Lipinski definition) is 0. The first-order valence-corrected chi connectivity index (χ1v) is 7.41. The summed E-state index contributed by atoms with van der Waals surface area (Å²) in [6.45, 7) is 0. The van der Waals surface area contributed by atoms with Gasteiger partial charge in [0.2, 0.25) is 0 Å². The van der Waals surface area contributed by atoms with Crippen molar-refractivity contribution >= 4 is 0 Å². The lowest BCUT2D eigenvalue weighted by Crippen LogP contribution is -1.96. The van der Waals surface area contributed by atoms with Gasteiger partial charge in [0.05, 0.1) is 0 Å². The Bertz CT molecular complexity index is 717. The van der Waals surface area contributed by atoms with E-state index < -0.39 is 0 Å². The van der Waals surface area contributed by atoms with E-state index in [1.807, 2.05) is 30.3 Å². The largest absolute Gasteiger partial charge is 0.482 e. The van der Waals surface area contributed by atoms with E-state index in [4.69, 9.17) is 11.8 Å². The normalized spacial score (nSPS) is 10.4. The van der Waals surface area contributed by atoms with Crippen LogP contribution in [0.25, 0.3) is 0 Å². The fraction of sp³-hybridized carbons (Fsp3) is 0.0952. The van der Waals surface area contributed by atoms with Gasteiger partial charge in [-0.3, -0.25) is 0 Å². The van der Waals surface area contributed by atoms with Gasteiger partial charge in [-0.05, 0) is 34.7 Å². The van der Waals surface area contributed by atoms with Crippen LogP contribution < -0.4 is 4.74 Å². The highest BCUT2D eigenvalue weighted by atomic mass is 16.5. The van der Waals surface area contributed by atoms with Crippen molar-refractivity contribution in [2.24, 2.45) is 0 Å². The third-order valence-corrected chi connectivity index (χ3v) is 3.74. The van der Waals surface area contributed by atoms with Crippen LogP contribution in [0.15, 0.2) is 78.9 Å². The quantitative estimate of drug-likeness (QED) is 0.647. The topological polar surface area (TPSA) is 9.23 Å². The van der Waals surface area contributed by atoms with Crippen LogP contribution in [0.3, 0.4) is 0 Å². The van der Waals surface area contributed by atoms with Crippen LogP contribution in [0.5, 0.6) is 5.75 Å². The predicted octanol–water partition coefficient (Wildman–Crippen LogP) is 4.92. The second-order valence-corrected chi connectivity index (χ2v) is 5.38. The molecule has 0 bridgehead atoms. The van der Waals surface area contributed by atoms with Gasteiger partial charge in [0.25, 0.3) is 0 Å². The molecule has 0 aliphatic carbocycles. The van der Waals surface area contributed by atoms with E-state index in [0.29, 0.717) is 0 Å². The molecule has 0 aliphatic heterocycles. The fourth-order valence-electron chi connectivity index (χ4n) is 2.64. The molecule has 0 N–H and O–H groups in total. The van der Waals surface area contributed by atoms with E-state index in [-0.39, 0.29) is 0 Å². The number of ether oxygens (including phenoxy) is 1. The van der Waals surface area contributed by atoms with Crippen LogP contribution in [0.4, 0.5) is 0 Å². The second kappa shape index (κ2) is 6.95. The van der Waals surface area contributed by atoms with Gasteiger partial charge in [-0.2, -0.15) is 0 Å². The third kappa shape index (κ3) is 3.56. The van der Waals surface area contributed by atoms with Crippen molar-refractivity contribution in [2.45, 2.75) is 12.8 Å². The smallest absolute Gasteiger partial charge is 0.180 e. The van der Waals surface area contributed by atoms with E-state index in [1.165, 1.54) is 16.7 Å². The Balaban J connectivity index is 1.86. The summed E-state index contributed by atoms with van der Waals surface area (Å²) in [5, 5.41) is 0. The maximum atomic E-state index is 5.41. The van der Waals surface area contributed by atoms with Gasteiger partial charge in [0.15, 0.2) is 7.11 Å². The Morgan fingerprint density at radius 2 is 1.23 bits per heavy atom. The molecule has 22 heavy (non-hydrogen) atoms. The molecule has 1 nitrogen and oxygen atoms in total. The number of hydrogen-bond acceptors (Lipinski definition) is 1. The lowest BCUT2D eigenvalue weighted by Gasteiger charge is -2.11. The van der Waals surface area contributed by atoms with Crippen molar-refractivity contribution in [3.8, 4) is 5.75 Å². The second-order valence-electron chi connectivity index (χ2n) is 5.38. The monoisotopic (exact) mass is 286 g/mol. The minimum absolute atomic E-state index is 0.737. The fourth-order valence-corrected chi connectivity index (χ4v) is 2.64. The average molecular weight is 286 g/mol. The van der Waals surface area contributed by atoms with Gasteiger partial charge in [0.1, 0.15) is 5.75 Å². The van der Waals surface area contributed by atoms with Crippen LogP contribution in [0.1, 0.15) is 22.3 Å². The highest BCUT2D eigenvalue weighted by Gasteiger charge is 2.06. The molecule has 3 aromatic carbocycles. The predicted molar refractivity (Wildman–Crippen MR) is 89.9 cm³/mol. The summed E-state index contributed by atoms with van der Waals surface area (Å²) in [4.78, 5) is 0. The number of rotatable bonds is 5. The lowest BCUT2D eigenvalue weighted by atomic mass is 9.98. The van der Waals surface area contributed by atoms with Gasteiger partial charge >= 0.3 is 0 Å². The Morgan fingerprint density at radius 3 is 1.82 bits per heavy atom. The minimum Gasteiger partial charge on any atom is -0.482 e. The molecule has 0 spiro atoms. The van der Waals surface area contributed by atoms with Gasteiger partial charge in [-0.25, -0.2) is 0 Å². The van der Waals surface area contributed by atoms with Crippen molar-refractivity contribution < 1.29 is 4.74 Å². The molecule has 3 rings (SSSR count). The molecule has 0 aromatic heterocycles. The Kier molecular flexibility index (Phi) is 4.55. The van der Waals surface area contributed by atoms with Gasteiger partial charge < -0.3 is 4.74 Å². The maximum Gasteiger partial charge on any atom is 0.180 e. The van der Waals surface area contributed by atoms with Crippen molar-refractivity contribution in [1.29, 1.82) is 0 Å². The number of benzene rings is 3. The molecule has 0 saturated carbocycles. The zero-order valence-electron chi connectivity index (χ0n) is 12.4. The molecule has 2 radical (unpaired) electrons. The summed E-state index contributed by atoms with van der Waals surface area (Å²) in [6.07, 6.45) is 1.73. The van der Waals surface area contributed by atoms with Gasteiger partial charge in [-0.15, -0.1) is 0 Å². The van der Waals surface area contributed by atoms with Crippen LogP contribution >= 0.6 is 0 Å². The van der Waals surface area contributed by atoms with E-state index in [9.17, 15) is 0 Å². The Hall–Kier alpha value is -2.54. The molecule has 0 atom stereocenters. The Labute approximate surface area is 132 Å². The molecule has 0 unspecified atom stereocenters. The minimum atomic E-state index is 0.737. The van der Waals surface area contributed by atoms with Crippen LogP contribution in [-0.4, -0.2) is 0 Å². The molecule has 3 aromatic rings. The van der Waals surface area contributed by atoms with Crippen molar-refractivity contribution in [2.75, 3.05) is 0 Å². The van der Waals surface area contributed by atoms with Crippen molar-refractivity contribution in [3.05, 3.63) is 108 Å². The van der Waals surface area contributed by atoms with Crippen LogP contribution in [-0.2, 0) is 12.8 Å².